The lowest BCUT2D eigenvalue weighted by Crippen LogP contribution is -2.53. The zero-order valence-corrected chi connectivity index (χ0v) is 29.5. The second kappa shape index (κ2) is 16.6. The van der Waals surface area contributed by atoms with Gasteiger partial charge in [-0.3, -0.25) is 48.3 Å². The molecular formula is C32H53N5O10. The van der Waals surface area contributed by atoms with Crippen molar-refractivity contribution in [1.29, 1.82) is 0 Å². The molecule has 47 heavy (non-hydrogen) atoms. The summed E-state index contributed by atoms with van der Waals surface area (Å²) < 4.78 is 16.6. The van der Waals surface area contributed by atoms with Crippen LogP contribution in [0.2, 0.25) is 0 Å². The summed E-state index contributed by atoms with van der Waals surface area (Å²) in [6.45, 7) is 17.0. The number of ether oxygens (including phenoxy) is 3. The van der Waals surface area contributed by atoms with Gasteiger partial charge in [-0.2, -0.15) is 0 Å². The number of carbonyl (C=O) groups excluding carboxylic acids is 7. The summed E-state index contributed by atoms with van der Waals surface area (Å²) in [6.07, 6.45) is -0.296. The third-order valence-electron chi connectivity index (χ3n) is 6.88. The van der Waals surface area contributed by atoms with E-state index in [0.29, 0.717) is 18.0 Å². The molecule has 266 valence electrons. The maximum Gasteiger partial charge on any atom is 0.325 e. The van der Waals surface area contributed by atoms with E-state index in [1.165, 1.54) is 4.90 Å². The monoisotopic (exact) mass is 667 g/mol. The van der Waals surface area contributed by atoms with Crippen LogP contribution in [0.15, 0.2) is 0 Å². The minimum atomic E-state index is -1.23. The third kappa shape index (κ3) is 14.9. The summed E-state index contributed by atoms with van der Waals surface area (Å²) in [5.74, 6) is -5.14. The van der Waals surface area contributed by atoms with Crippen LogP contribution < -0.4 is 0 Å². The molecule has 0 spiro atoms. The lowest BCUT2D eigenvalue weighted by atomic mass is 10.2. The smallest absolute Gasteiger partial charge is 0.325 e. The molecule has 15 heteroatoms. The number of esters is 3. The molecule has 15 nitrogen and oxygen atoms in total. The van der Waals surface area contributed by atoms with Crippen LogP contribution in [-0.4, -0.2) is 155 Å². The number of likely N-dealkylation sites (tertiary alicyclic amines) is 1. The van der Waals surface area contributed by atoms with Crippen molar-refractivity contribution in [3.8, 4) is 0 Å². The molecule has 0 N–H and O–H groups in total. The van der Waals surface area contributed by atoms with Crippen molar-refractivity contribution in [2.24, 2.45) is 0 Å². The number of amides is 4. The van der Waals surface area contributed by atoms with Crippen LogP contribution in [0.5, 0.6) is 0 Å². The van der Waals surface area contributed by atoms with Gasteiger partial charge in [0.25, 0.3) is 0 Å². The molecule has 0 unspecified atom stereocenters. The van der Waals surface area contributed by atoms with Crippen molar-refractivity contribution >= 4 is 41.5 Å². The number of carbonyl (C=O) groups is 7. The predicted octanol–water partition coefficient (Wildman–Crippen LogP) is 0.435. The molecule has 2 aliphatic rings. The first kappa shape index (κ1) is 39.7. The molecule has 0 aromatic rings. The van der Waals surface area contributed by atoms with E-state index in [1.54, 1.807) is 72.1 Å². The maximum atomic E-state index is 13.5. The van der Waals surface area contributed by atoms with Crippen molar-refractivity contribution < 1.29 is 47.8 Å². The van der Waals surface area contributed by atoms with Crippen molar-refractivity contribution in [2.45, 2.75) is 92.0 Å². The largest absolute Gasteiger partial charge is 0.459 e. The van der Waals surface area contributed by atoms with Gasteiger partial charge < -0.3 is 19.1 Å². The fourth-order valence-corrected chi connectivity index (χ4v) is 4.92. The Bertz CT molecular complexity index is 1120. The summed E-state index contributed by atoms with van der Waals surface area (Å²) in [5.41, 5.74) is -2.15. The minimum Gasteiger partial charge on any atom is -0.459 e. The molecule has 2 rings (SSSR count). The Morgan fingerprint density at radius 3 is 1.04 bits per heavy atom. The molecule has 0 bridgehead atoms. The summed E-state index contributed by atoms with van der Waals surface area (Å²) in [6, 6.07) is 0. The minimum absolute atomic E-state index is 0.0318. The average Bonchev–Trinajstić information content (AvgIpc) is 3.22. The molecule has 0 radical (unpaired) electrons. The van der Waals surface area contributed by atoms with Gasteiger partial charge in [0.1, 0.15) is 16.8 Å². The second-order valence-corrected chi connectivity index (χ2v) is 14.8. The first-order valence-electron chi connectivity index (χ1n) is 16.0. The van der Waals surface area contributed by atoms with Gasteiger partial charge in [-0.1, -0.05) is 0 Å². The molecule has 0 aromatic carbocycles. The van der Waals surface area contributed by atoms with Crippen molar-refractivity contribution in [3.63, 3.8) is 0 Å². The SMILES string of the molecule is CC(C)(C)OC(=O)CN1CCN(CC(=O)OC(C)(C)C)CCN(C(=O)C(=O)N2C(=O)CCC2=O)CCN(CC(=O)OC(C)(C)C)CC1. The highest BCUT2D eigenvalue weighted by molar-refractivity contribution is 6.41. The zero-order valence-electron chi connectivity index (χ0n) is 29.5. The van der Waals surface area contributed by atoms with E-state index in [2.05, 4.69) is 0 Å². The van der Waals surface area contributed by atoms with Crippen LogP contribution in [0.25, 0.3) is 0 Å². The Kier molecular flexibility index (Phi) is 14.0. The molecule has 0 saturated carbocycles. The Morgan fingerprint density at radius 1 is 0.489 bits per heavy atom. The number of nitrogens with zero attached hydrogens (tertiary/aromatic N) is 5. The fraction of sp³-hybridized carbons (Fsp3) is 0.781. The van der Waals surface area contributed by atoms with Crippen LogP contribution in [0.3, 0.4) is 0 Å². The predicted molar refractivity (Wildman–Crippen MR) is 170 cm³/mol. The Balaban J connectivity index is 2.37. The molecule has 2 fully saturated rings. The van der Waals surface area contributed by atoms with E-state index in [0.717, 1.165) is 0 Å². The number of hydrogen-bond donors (Lipinski definition) is 0. The van der Waals surface area contributed by atoms with Crippen molar-refractivity contribution in [2.75, 3.05) is 72.0 Å². The van der Waals surface area contributed by atoms with Crippen molar-refractivity contribution in [3.05, 3.63) is 0 Å². The van der Waals surface area contributed by atoms with Crippen LogP contribution >= 0.6 is 0 Å². The second-order valence-electron chi connectivity index (χ2n) is 14.8. The van der Waals surface area contributed by atoms with E-state index in [9.17, 15) is 33.6 Å². The number of imide groups is 3. The normalized spacial score (nSPS) is 18.7. The van der Waals surface area contributed by atoms with Gasteiger partial charge in [0.15, 0.2) is 0 Å². The highest BCUT2D eigenvalue weighted by Gasteiger charge is 2.40. The fourth-order valence-electron chi connectivity index (χ4n) is 4.92. The lowest BCUT2D eigenvalue weighted by molar-refractivity contribution is -0.160. The van der Waals surface area contributed by atoms with Gasteiger partial charge in [-0.05, 0) is 62.3 Å². The van der Waals surface area contributed by atoms with E-state index >= 15 is 0 Å². The van der Waals surface area contributed by atoms with Crippen molar-refractivity contribution in [1.82, 2.24) is 24.5 Å². The van der Waals surface area contributed by atoms with Gasteiger partial charge in [-0.25, -0.2) is 4.90 Å². The molecule has 2 saturated heterocycles. The molecule has 0 aromatic heterocycles. The standard InChI is InChI=1S/C32H53N5O10/c1-30(2,3)45-25(40)20-33-12-14-34(21-26(41)46-31(4,5)6)16-18-36(28(43)29(44)37-23(38)10-11-24(37)39)19-17-35(15-13-33)22-27(42)47-32(7,8)9/h10-22H2,1-9H3. The van der Waals surface area contributed by atoms with Gasteiger partial charge in [0.2, 0.25) is 11.8 Å². The maximum absolute atomic E-state index is 13.5. The molecule has 0 aliphatic carbocycles. The molecule has 0 atom stereocenters. The van der Waals surface area contributed by atoms with Gasteiger partial charge >= 0.3 is 29.7 Å². The topological polar surface area (TPSA) is 163 Å². The molecular weight excluding hydrogens is 614 g/mol. The molecule has 2 heterocycles. The summed E-state index contributed by atoms with van der Waals surface area (Å²) in [7, 11) is 0. The summed E-state index contributed by atoms with van der Waals surface area (Å²) in [4.78, 5) is 96.5. The Labute approximate surface area is 277 Å². The molecule has 2 aliphatic heterocycles. The summed E-state index contributed by atoms with van der Waals surface area (Å²) >= 11 is 0. The van der Waals surface area contributed by atoms with E-state index < -0.39 is 58.3 Å². The van der Waals surface area contributed by atoms with Crippen LogP contribution in [0.1, 0.15) is 75.2 Å². The highest BCUT2D eigenvalue weighted by atomic mass is 16.6. The van der Waals surface area contributed by atoms with Gasteiger partial charge in [0.05, 0.1) is 19.6 Å². The Morgan fingerprint density at radius 2 is 0.766 bits per heavy atom. The van der Waals surface area contributed by atoms with Gasteiger partial charge in [0, 0.05) is 65.2 Å². The van der Waals surface area contributed by atoms with Crippen LogP contribution in [0, 0.1) is 0 Å². The van der Waals surface area contributed by atoms with Crippen LogP contribution in [0.4, 0.5) is 0 Å². The number of rotatable bonds is 6. The van der Waals surface area contributed by atoms with Crippen LogP contribution in [-0.2, 0) is 47.8 Å². The quantitative estimate of drug-likeness (QED) is 0.166. The zero-order chi connectivity index (χ0) is 35.7. The highest BCUT2D eigenvalue weighted by Crippen LogP contribution is 2.15. The Hall–Kier alpha value is -3.43. The average molecular weight is 668 g/mol. The van der Waals surface area contributed by atoms with E-state index in [4.69, 9.17) is 14.2 Å². The molecule has 4 amide bonds. The number of hydrogen-bond acceptors (Lipinski definition) is 13. The summed E-state index contributed by atoms with van der Waals surface area (Å²) in [5, 5.41) is 0. The first-order chi connectivity index (χ1) is 21.5. The van der Waals surface area contributed by atoms with E-state index in [1.807, 2.05) is 4.90 Å². The first-order valence-corrected chi connectivity index (χ1v) is 16.0. The van der Waals surface area contributed by atoms with E-state index in [-0.39, 0.29) is 71.7 Å². The van der Waals surface area contributed by atoms with Gasteiger partial charge in [-0.15, -0.1) is 0 Å². The third-order valence-corrected chi connectivity index (χ3v) is 6.88. The lowest BCUT2D eigenvalue weighted by Gasteiger charge is -2.34.